The summed E-state index contributed by atoms with van der Waals surface area (Å²) >= 11 is 6.08. The number of oxazole rings is 1. The second-order valence-corrected chi connectivity index (χ2v) is 6.41. The maximum Gasteiger partial charge on any atom is 0.257 e. The molecule has 128 valence electrons. The molecule has 0 bridgehead atoms. The van der Waals surface area contributed by atoms with Crippen LogP contribution in [0.4, 0.5) is 5.69 Å². The van der Waals surface area contributed by atoms with Crippen LogP contribution in [0.5, 0.6) is 0 Å². The van der Waals surface area contributed by atoms with Crippen LogP contribution in [-0.2, 0) is 0 Å². The molecule has 1 aromatic heterocycles. The summed E-state index contributed by atoms with van der Waals surface area (Å²) in [4.78, 5) is 16.9. The van der Waals surface area contributed by atoms with Gasteiger partial charge in [-0.15, -0.1) is 0 Å². The molecule has 1 heterocycles. The minimum absolute atomic E-state index is 0.263. The standard InChI is InChI=1S/C21H15ClN2O2/c1-13-9-10-18-19(11-13)26-21(24-18)14-5-4-6-15(12-14)23-20(25)16-7-2-3-8-17(16)22/h2-12H,1H3,(H,23,25). The highest BCUT2D eigenvalue weighted by Gasteiger charge is 2.12. The first-order valence-electron chi connectivity index (χ1n) is 8.14. The summed E-state index contributed by atoms with van der Waals surface area (Å²) in [6.07, 6.45) is 0. The van der Waals surface area contributed by atoms with Crippen LogP contribution < -0.4 is 5.32 Å². The van der Waals surface area contributed by atoms with Crippen LogP contribution in [0.3, 0.4) is 0 Å². The number of halogens is 1. The third-order valence-corrected chi connectivity index (χ3v) is 4.36. The Morgan fingerprint density at radius 1 is 1.04 bits per heavy atom. The van der Waals surface area contributed by atoms with Crippen molar-refractivity contribution in [2.24, 2.45) is 0 Å². The fourth-order valence-corrected chi connectivity index (χ4v) is 2.95. The molecule has 0 radical (unpaired) electrons. The molecule has 1 amide bonds. The second kappa shape index (κ2) is 6.65. The minimum Gasteiger partial charge on any atom is -0.436 e. The van der Waals surface area contributed by atoms with Crippen LogP contribution in [0.2, 0.25) is 5.02 Å². The van der Waals surface area contributed by atoms with E-state index in [4.69, 9.17) is 16.0 Å². The summed E-state index contributed by atoms with van der Waals surface area (Å²) < 4.78 is 5.85. The Morgan fingerprint density at radius 3 is 2.73 bits per heavy atom. The molecule has 5 heteroatoms. The van der Waals surface area contributed by atoms with Crippen molar-refractivity contribution in [3.8, 4) is 11.5 Å². The molecule has 0 saturated heterocycles. The van der Waals surface area contributed by atoms with E-state index in [1.54, 1.807) is 24.3 Å². The number of rotatable bonds is 3. The number of fused-ring (bicyclic) bond motifs is 1. The molecule has 4 aromatic rings. The SMILES string of the molecule is Cc1ccc2nc(-c3cccc(NC(=O)c4ccccc4Cl)c3)oc2c1. The number of anilines is 1. The first-order chi connectivity index (χ1) is 12.6. The Bertz CT molecular complexity index is 1120. The molecule has 0 saturated carbocycles. The van der Waals surface area contributed by atoms with Crippen LogP contribution in [0.25, 0.3) is 22.6 Å². The van der Waals surface area contributed by atoms with Crippen molar-refractivity contribution < 1.29 is 9.21 Å². The Morgan fingerprint density at radius 2 is 1.88 bits per heavy atom. The molecule has 0 unspecified atom stereocenters. The van der Waals surface area contributed by atoms with Gasteiger partial charge < -0.3 is 9.73 Å². The van der Waals surface area contributed by atoms with Crippen molar-refractivity contribution in [3.63, 3.8) is 0 Å². The summed E-state index contributed by atoms with van der Waals surface area (Å²) in [5.74, 6) is 0.250. The highest BCUT2D eigenvalue weighted by atomic mass is 35.5. The second-order valence-electron chi connectivity index (χ2n) is 6.00. The zero-order valence-corrected chi connectivity index (χ0v) is 14.7. The molecule has 0 atom stereocenters. The number of amides is 1. The van der Waals surface area contributed by atoms with Gasteiger partial charge in [-0.05, 0) is 55.0 Å². The number of nitrogens with zero attached hydrogens (tertiary/aromatic N) is 1. The molecule has 0 aliphatic heterocycles. The van der Waals surface area contributed by atoms with Crippen LogP contribution in [0, 0.1) is 6.92 Å². The fourth-order valence-electron chi connectivity index (χ4n) is 2.73. The number of nitrogens with one attached hydrogen (secondary N) is 1. The monoisotopic (exact) mass is 362 g/mol. The molecule has 3 aromatic carbocycles. The van der Waals surface area contributed by atoms with E-state index in [1.807, 2.05) is 49.4 Å². The Hall–Kier alpha value is -3.11. The van der Waals surface area contributed by atoms with Crippen molar-refractivity contribution in [1.82, 2.24) is 4.98 Å². The van der Waals surface area contributed by atoms with E-state index in [9.17, 15) is 4.79 Å². The number of benzene rings is 3. The quantitative estimate of drug-likeness (QED) is 0.508. The van der Waals surface area contributed by atoms with E-state index in [0.717, 1.165) is 22.2 Å². The van der Waals surface area contributed by atoms with Gasteiger partial charge in [0.25, 0.3) is 5.91 Å². The fraction of sp³-hybridized carbons (Fsp3) is 0.0476. The van der Waals surface area contributed by atoms with Gasteiger partial charge in [0.2, 0.25) is 5.89 Å². The third-order valence-electron chi connectivity index (χ3n) is 4.03. The molecule has 4 rings (SSSR count). The number of carbonyl (C=O) groups is 1. The van der Waals surface area contributed by atoms with Crippen molar-refractivity contribution in [2.45, 2.75) is 6.92 Å². The predicted molar refractivity (Wildman–Crippen MR) is 104 cm³/mol. The predicted octanol–water partition coefficient (Wildman–Crippen LogP) is 5.71. The summed E-state index contributed by atoms with van der Waals surface area (Å²) in [5.41, 5.74) is 4.51. The number of hydrogen-bond donors (Lipinski definition) is 1. The van der Waals surface area contributed by atoms with Crippen LogP contribution >= 0.6 is 11.6 Å². The van der Waals surface area contributed by atoms with Crippen LogP contribution in [-0.4, -0.2) is 10.9 Å². The number of aryl methyl sites for hydroxylation is 1. The maximum atomic E-state index is 12.4. The van der Waals surface area contributed by atoms with Gasteiger partial charge in [-0.2, -0.15) is 0 Å². The lowest BCUT2D eigenvalue weighted by molar-refractivity contribution is 0.102. The van der Waals surface area contributed by atoms with E-state index < -0.39 is 0 Å². The van der Waals surface area contributed by atoms with Gasteiger partial charge in [0.1, 0.15) is 5.52 Å². The van der Waals surface area contributed by atoms with Gasteiger partial charge in [0.15, 0.2) is 5.58 Å². The van der Waals surface area contributed by atoms with E-state index in [1.165, 1.54) is 0 Å². The third kappa shape index (κ3) is 3.19. The molecule has 0 aliphatic rings. The molecule has 4 nitrogen and oxygen atoms in total. The first-order valence-corrected chi connectivity index (χ1v) is 8.51. The average molecular weight is 363 g/mol. The van der Waals surface area contributed by atoms with Crippen molar-refractivity contribution in [1.29, 1.82) is 0 Å². The van der Waals surface area contributed by atoms with E-state index in [-0.39, 0.29) is 5.91 Å². The summed E-state index contributed by atoms with van der Waals surface area (Å²) in [6, 6.07) is 20.2. The zero-order chi connectivity index (χ0) is 18.1. The minimum atomic E-state index is -0.263. The summed E-state index contributed by atoms with van der Waals surface area (Å²) in [5, 5.41) is 3.27. The zero-order valence-electron chi connectivity index (χ0n) is 14.0. The molecule has 0 spiro atoms. The normalized spacial score (nSPS) is 10.8. The van der Waals surface area contributed by atoms with E-state index in [0.29, 0.717) is 22.2 Å². The topological polar surface area (TPSA) is 55.1 Å². The molecular weight excluding hydrogens is 348 g/mol. The molecule has 0 fully saturated rings. The lowest BCUT2D eigenvalue weighted by Crippen LogP contribution is -2.12. The number of aromatic nitrogens is 1. The van der Waals surface area contributed by atoms with Crippen molar-refractivity contribution in [3.05, 3.63) is 82.9 Å². The van der Waals surface area contributed by atoms with Gasteiger partial charge in [0, 0.05) is 11.3 Å². The van der Waals surface area contributed by atoms with E-state index >= 15 is 0 Å². The van der Waals surface area contributed by atoms with Gasteiger partial charge in [-0.1, -0.05) is 35.9 Å². The average Bonchev–Trinajstić information content (AvgIpc) is 3.05. The van der Waals surface area contributed by atoms with E-state index in [2.05, 4.69) is 10.3 Å². The highest BCUT2D eigenvalue weighted by molar-refractivity contribution is 6.34. The Kier molecular flexibility index (Phi) is 4.19. The number of hydrogen-bond acceptors (Lipinski definition) is 3. The Balaban J connectivity index is 1.64. The molecular formula is C21H15ClN2O2. The smallest absolute Gasteiger partial charge is 0.257 e. The van der Waals surface area contributed by atoms with Crippen molar-refractivity contribution >= 4 is 34.3 Å². The molecule has 1 N–H and O–H groups in total. The van der Waals surface area contributed by atoms with Crippen LogP contribution in [0.15, 0.2) is 71.1 Å². The largest absolute Gasteiger partial charge is 0.436 e. The first kappa shape index (κ1) is 16.4. The lowest BCUT2D eigenvalue weighted by Gasteiger charge is -2.07. The van der Waals surface area contributed by atoms with Crippen molar-refractivity contribution in [2.75, 3.05) is 5.32 Å². The highest BCUT2D eigenvalue weighted by Crippen LogP contribution is 2.27. The van der Waals surface area contributed by atoms with Gasteiger partial charge >= 0.3 is 0 Å². The van der Waals surface area contributed by atoms with Gasteiger partial charge in [-0.3, -0.25) is 4.79 Å². The summed E-state index contributed by atoms with van der Waals surface area (Å²) in [6.45, 7) is 2.01. The van der Waals surface area contributed by atoms with Crippen LogP contribution in [0.1, 0.15) is 15.9 Å². The summed E-state index contributed by atoms with van der Waals surface area (Å²) in [7, 11) is 0. The Labute approximate surface area is 155 Å². The molecule has 26 heavy (non-hydrogen) atoms. The molecule has 0 aliphatic carbocycles. The van der Waals surface area contributed by atoms with Gasteiger partial charge in [0.05, 0.1) is 10.6 Å². The maximum absolute atomic E-state index is 12.4. The van der Waals surface area contributed by atoms with Gasteiger partial charge in [-0.25, -0.2) is 4.98 Å². The number of carbonyl (C=O) groups excluding carboxylic acids is 1. The lowest BCUT2D eigenvalue weighted by atomic mass is 10.1.